The predicted octanol–water partition coefficient (Wildman–Crippen LogP) is 2.74. The number of aromatic nitrogens is 2. The van der Waals surface area contributed by atoms with Gasteiger partial charge in [0.15, 0.2) is 0 Å². The van der Waals surface area contributed by atoms with E-state index in [0.29, 0.717) is 0 Å². The molecule has 1 aromatic heterocycles. The third kappa shape index (κ3) is 2.46. The molecule has 0 aliphatic rings. The van der Waals surface area contributed by atoms with Gasteiger partial charge in [-0.3, -0.25) is 4.68 Å². The molecule has 1 N–H and O–H groups in total. The molecule has 3 nitrogen and oxygen atoms in total. The number of nitrogens with zero attached hydrogens (tertiary/aromatic N) is 2. The molecular weight excluding hydrogens is 222 g/mol. The third-order valence-corrected chi connectivity index (χ3v) is 3.24. The lowest BCUT2D eigenvalue weighted by atomic mass is 9.98. The molecular formula is C15H21N3. The zero-order chi connectivity index (χ0) is 13.1. The van der Waals surface area contributed by atoms with Crippen molar-refractivity contribution in [2.24, 2.45) is 7.05 Å². The lowest BCUT2D eigenvalue weighted by Crippen LogP contribution is -2.24. The fourth-order valence-corrected chi connectivity index (χ4v) is 2.39. The first-order chi connectivity index (χ1) is 8.63. The highest BCUT2D eigenvalue weighted by Gasteiger charge is 2.18. The highest BCUT2D eigenvalue weighted by molar-refractivity contribution is 5.34. The average molecular weight is 243 g/mol. The van der Waals surface area contributed by atoms with Crippen LogP contribution >= 0.6 is 0 Å². The monoisotopic (exact) mass is 243 g/mol. The standard InChI is InChI=1S/C15H21N3/c1-5-16-15(13-9-7-6-8-11(13)2)14-10-12(3)17-18(14)4/h6-10,15-16H,5H2,1-4H3. The minimum Gasteiger partial charge on any atom is -0.305 e. The summed E-state index contributed by atoms with van der Waals surface area (Å²) >= 11 is 0. The smallest absolute Gasteiger partial charge is 0.0750 e. The summed E-state index contributed by atoms with van der Waals surface area (Å²) in [6.45, 7) is 7.25. The minimum absolute atomic E-state index is 0.211. The second-order valence-corrected chi connectivity index (χ2v) is 4.68. The summed E-state index contributed by atoms with van der Waals surface area (Å²) in [5.41, 5.74) is 4.90. The molecule has 1 heterocycles. The van der Waals surface area contributed by atoms with Gasteiger partial charge in [-0.1, -0.05) is 31.2 Å². The minimum atomic E-state index is 0.211. The van der Waals surface area contributed by atoms with Crippen molar-refractivity contribution in [3.63, 3.8) is 0 Å². The first-order valence-electron chi connectivity index (χ1n) is 6.43. The normalized spacial score (nSPS) is 12.7. The average Bonchev–Trinajstić information content (AvgIpc) is 2.66. The van der Waals surface area contributed by atoms with Crippen LogP contribution in [0, 0.1) is 13.8 Å². The van der Waals surface area contributed by atoms with Gasteiger partial charge in [-0.15, -0.1) is 0 Å². The Morgan fingerprint density at radius 1 is 1.28 bits per heavy atom. The maximum absolute atomic E-state index is 4.45. The summed E-state index contributed by atoms with van der Waals surface area (Å²) in [6.07, 6.45) is 0. The molecule has 96 valence electrons. The van der Waals surface area contributed by atoms with Crippen molar-refractivity contribution < 1.29 is 0 Å². The third-order valence-electron chi connectivity index (χ3n) is 3.24. The molecule has 0 aliphatic heterocycles. The fraction of sp³-hybridized carbons (Fsp3) is 0.400. The Bertz CT molecular complexity index is 528. The van der Waals surface area contributed by atoms with Crippen LogP contribution in [0.1, 0.15) is 35.5 Å². The van der Waals surface area contributed by atoms with Crippen molar-refractivity contribution >= 4 is 0 Å². The molecule has 3 heteroatoms. The molecule has 2 aromatic rings. The molecule has 2 rings (SSSR count). The highest BCUT2D eigenvalue weighted by atomic mass is 15.3. The SMILES string of the molecule is CCNC(c1ccccc1C)c1cc(C)nn1C. The molecule has 0 amide bonds. The van der Waals surface area contributed by atoms with Crippen LogP contribution < -0.4 is 5.32 Å². The van der Waals surface area contributed by atoms with Gasteiger partial charge < -0.3 is 5.32 Å². The van der Waals surface area contributed by atoms with Crippen LogP contribution in [-0.2, 0) is 7.05 Å². The Morgan fingerprint density at radius 2 is 2.00 bits per heavy atom. The van der Waals surface area contributed by atoms with E-state index >= 15 is 0 Å². The van der Waals surface area contributed by atoms with Crippen LogP contribution in [-0.4, -0.2) is 16.3 Å². The number of rotatable bonds is 4. The number of benzene rings is 1. The zero-order valence-electron chi connectivity index (χ0n) is 11.6. The maximum Gasteiger partial charge on any atom is 0.0750 e. The second kappa shape index (κ2) is 5.36. The Morgan fingerprint density at radius 3 is 2.56 bits per heavy atom. The van der Waals surface area contributed by atoms with Gasteiger partial charge in [0.25, 0.3) is 0 Å². The van der Waals surface area contributed by atoms with E-state index in [1.165, 1.54) is 16.8 Å². The van der Waals surface area contributed by atoms with Crippen molar-refractivity contribution in [1.82, 2.24) is 15.1 Å². The van der Waals surface area contributed by atoms with Gasteiger partial charge >= 0.3 is 0 Å². The van der Waals surface area contributed by atoms with E-state index in [1.807, 2.05) is 18.7 Å². The molecule has 0 aliphatic carbocycles. The van der Waals surface area contributed by atoms with Gasteiger partial charge in [0.1, 0.15) is 0 Å². The van der Waals surface area contributed by atoms with Gasteiger partial charge in [0, 0.05) is 7.05 Å². The molecule has 1 aromatic carbocycles. The molecule has 0 fully saturated rings. The quantitative estimate of drug-likeness (QED) is 0.895. The van der Waals surface area contributed by atoms with Crippen molar-refractivity contribution in [3.05, 3.63) is 52.8 Å². The van der Waals surface area contributed by atoms with Gasteiger partial charge in [0.05, 0.1) is 17.4 Å². The van der Waals surface area contributed by atoms with E-state index in [0.717, 1.165) is 12.2 Å². The lowest BCUT2D eigenvalue weighted by Gasteiger charge is -2.20. The van der Waals surface area contributed by atoms with Crippen LogP contribution in [0.15, 0.2) is 30.3 Å². The predicted molar refractivity (Wildman–Crippen MR) is 74.6 cm³/mol. The number of hydrogen-bond acceptors (Lipinski definition) is 2. The highest BCUT2D eigenvalue weighted by Crippen LogP contribution is 2.24. The first kappa shape index (κ1) is 12.8. The van der Waals surface area contributed by atoms with Crippen LogP contribution in [0.25, 0.3) is 0 Å². The summed E-state index contributed by atoms with van der Waals surface area (Å²) in [4.78, 5) is 0. The molecule has 1 unspecified atom stereocenters. The first-order valence-corrected chi connectivity index (χ1v) is 6.43. The van der Waals surface area contributed by atoms with E-state index in [-0.39, 0.29) is 6.04 Å². The molecule has 0 spiro atoms. The van der Waals surface area contributed by atoms with E-state index in [4.69, 9.17) is 0 Å². The zero-order valence-corrected chi connectivity index (χ0v) is 11.6. The van der Waals surface area contributed by atoms with E-state index in [2.05, 4.69) is 54.6 Å². The fourth-order valence-electron chi connectivity index (χ4n) is 2.39. The van der Waals surface area contributed by atoms with Gasteiger partial charge in [-0.05, 0) is 37.6 Å². The number of nitrogens with one attached hydrogen (secondary N) is 1. The topological polar surface area (TPSA) is 29.9 Å². The molecule has 1 atom stereocenters. The molecule has 0 bridgehead atoms. The van der Waals surface area contributed by atoms with Gasteiger partial charge in [-0.25, -0.2) is 0 Å². The Balaban J connectivity index is 2.46. The second-order valence-electron chi connectivity index (χ2n) is 4.68. The van der Waals surface area contributed by atoms with Gasteiger partial charge in [0.2, 0.25) is 0 Å². The Kier molecular flexibility index (Phi) is 3.82. The van der Waals surface area contributed by atoms with Gasteiger partial charge in [-0.2, -0.15) is 5.10 Å². The molecule has 0 saturated carbocycles. The van der Waals surface area contributed by atoms with Crippen molar-refractivity contribution in [1.29, 1.82) is 0 Å². The largest absolute Gasteiger partial charge is 0.305 e. The summed E-state index contributed by atoms with van der Waals surface area (Å²) in [5, 5.41) is 8.00. The Labute approximate surface area is 109 Å². The van der Waals surface area contributed by atoms with Crippen molar-refractivity contribution in [3.8, 4) is 0 Å². The summed E-state index contributed by atoms with van der Waals surface area (Å²) < 4.78 is 1.97. The number of hydrogen-bond donors (Lipinski definition) is 1. The maximum atomic E-state index is 4.45. The molecule has 18 heavy (non-hydrogen) atoms. The van der Waals surface area contributed by atoms with Crippen LogP contribution in [0.2, 0.25) is 0 Å². The van der Waals surface area contributed by atoms with E-state index < -0.39 is 0 Å². The van der Waals surface area contributed by atoms with Crippen molar-refractivity contribution in [2.75, 3.05) is 6.54 Å². The lowest BCUT2D eigenvalue weighted by molar-refractivity contribution is 0.570. The Hall–Kier alpha value is -1.61. The summed E-state index contributed by atoms with van der Waals surface area (Å²) in [5.74, 6) is 0. The summed E-state index contributed by atoms with van der Waals surface area (Å²) in [7, 11) is 2.00. The van der Waals surface area contributed by atoms with Crippen LogP contribution in [0.4, 0.5) is 0 Å². The van der Waals surface area contributed by atoms with E-state index in [1.54, 1.807) is 0 Å². The van der Waals surface area contributed by atoms with Crippen LogP contribution in [0.5, 0.6) is 0 Å². The van der Waals surface area contributed by atoms with Crippen molar-refractivity contribution in [2.45, 2.75) is 26.8 Å². The van der Waals surface area contributed by atoms with Crippen LogP contribution in [0.3, 0.4) is 0 Å². The summed E-state index contributed by atoms with van der Waals surface area (Å²) in [6, 6.07) is 10.9. The number of aryl methyl sites for hydroxylation is 3. The van der Waals surface area contributed by atoms with E-state index in [9.17, 15) is 0 Å². The molecule has 0 saturated heterocycles. The molecule has 0 radical (unpaired) electrons.